The third kappa shape index (κ3) is 7.30. The van der Waals surface area contributed by atoms with Gasteiger partial charge in [-0.05, 0) is 55.6 Å². The van der Waals surface area contributed by atoms with E-state index in [1.54, 1.807) is 25.2 Å². The SMILES string of the molecule is CN1CCC(CN(C)S(=O)(=O)c2ccccc2OCC(=O)NCC(O)CN2CCc3ccccc3C2)C1. The number of carbonyl (C=O) groups is 1. The van der Waals surface area contributed by atoms with Gasteiger partial charge in [-0.2, -0.15) is 0 Å². The molecule has 0 saturated carbocycles. The molecule has 2 N–H and O–H groups in total. The largest absolute Gasteiger partial charge is 0.482 e. The first-order chi connectivity index (χ1) is 17.7. The van der Waals surface area contributed by atoms with Crippen LogP contribution in [0.15, 0.2) is 53.4 Å². The number of aliphatic hydroxyl groups excluding tert-OH is 1. The van der Waals surface area contributed by atoms with Crippen molar-refractivity contribution in [1.29, 1.82) is 0 Å². The van der Waals surface area contributed by atoms with Gasteiger partial charge in [-0.3, -0.25) is 9.69 Å². The molecule has 2 atom stereocenters. The fraction of sp³-hybridized carbons (Fsp3) is 0.519. The second-order valence-electron chi connectivity index (χ2n) is 10.1. The van der Waals surface area contributed by atoms with Crippen LogP contribution in [0.3, 0.4) is 0 Å². The maximum Gasteiger partial charge on any atom is 0.258 e. The van der Waals surface area contributed by atoms with E-state index in [0.29, 0.717) is 13.1 Å². The van der Waals surface area contributed by atoms with Crippen molar-refractivity contribution in [3.63, 3.8) is 0 Å². The Bertz CT molecular complexity index is 1170. The van der Waals surface area contributed by atoms with E-state index >= 15 is 0 Å². The monoisotopic (exact) mass is 530 g/mol. The number of fused-ring (bicyclic) bond motifs is 1. The number of carbonyl (C=O) groups excluding carboxylic acids is 1. The number of nitrogens with zero attached hydrogens (tertiary/aromatic N) is 3. The van der Waals surface area contributed by atoms with Crippen molar-refractivity contribution < 1.29 is 23.1 Å². The van der Waals surface area contributed by atoms with Crippen molar-refractivity contribution in [3.05, 3.63) is 59.7 Å². The van der Waals surface area contributed by atoms with Crippen LogP contribution >= 0.6 is 0 Å². The summed E-state index contributed by atoms with van der Waals surface area (Å²) in [5.74, 6) is 0.00731. The summed E-state index contributed by atoms with van der Waals surface area (Å²) < 4.78 is 33.5. The van der Waals surface area contributed by atoms with Gasteiger partial charge in [-0.25, -0.2) is 12.7 Å². The van der Waals surface area contributed by atoms with Gasteiger partial charge >= 0.3 is 0 Å². The highest BCUT2D eigenvalue weighted by molar-refractivity contribution is 7.89. The summed E-state index contributed by atoms with van der Waals surface area (Å²) in [5.41, 5.74) is 2.62. The van der Waals surface area contributed by atoms with Crippen LogP contribution in [-0.4, -0.2) is 99.6 Å². The van der Waals surface area contributed by atoms with E-state index in [1.807, 2.05) is 19.2 Å². The summed E-state index contributed by atoms with van der Waals surface area (Å²) in [6.45, 7) is 4.13. The van der Waals surface area contributed by atoms with Crippen LogP contribution in [0.25, 0.3) is 0 Å². The van der Waals surface area contributed by atoms with Crippen molar-refractivity contribution in [2.24, 2.45) is 5.92 Å². The van der Waals surface area contributed by atoms with Gasteiger partial charge in [-0.15, -0.1) is 0 Å². The van der Waals surface area contributed by atoms with Crippen molar-refractivity contribution in [2.75, 3.05) is 60.0 Å². The minimum atomic E-state index is -3.77. The highest BCUT2D eigenvalue weighted by Gasteiger charge is 2.29. The number of likely N-dealkylation sites (tertiary alicyclic amines) is 1. The van der Waals surface area contributed by atoms with E-state index < -0.39 is 22.0 Å². The Balaban J connectivity index is 1.25. The number of hydrogen-bond donors (Lipinski definition) is 2. The summed E-state index contributed by atoms with van der Waals surface area (Å²) >= 11 is 0. The Morgan fingerprint density at radius 3 is 2.65 bits per heavy atom. The zero-order chi connectivity index (χ0) is 26.4. The lowest BCUT2D eigenvalue weighted by atomic mass is 10.00. The number of aliphatic hydroxyl groups is 1. The Hall–Kier alpha value is -2.50. The standard InChI is InChI=1S/C27H38N4O5S/c1-29-13-11-21(16-29)17-30(2)37(34,35)26-10-6-5-9-25(26)36-20-27(33)28-15-24(32)19-31-14-12-22-7-3-4-8-23(22)18-31/h3-10,21,24,32H,11-20H2,1-2H3,(H,28,33). The lowest BCUT2D eigenvalue weighted by Gasteiger charge is -2.30. The minimum Gasteiger partial charge on any atom is -0.482 e. The van der Waals surface area contributed by atoms with Crippen LogP contribution in [0.4, 0.5) is 0 Å². The predicted molar refractivity (Wildman–Crippen MR) is 142 cm³/mol. The lowest BCUT2D eigenvalue weighted by Crippen LogP contribution is -2.43. The number of benzene rings is 2. The number of ether oxygens (including phenoxy) is 1. The molecule has 37 heavy (non-hydrogen) atoms. The first kappa shape index (κ1) is 27.5. The molecule has 2 aliphatic rings. The molecule has 1 saturated heterocycles. The number of rotatable bonds is 11. The molecule has 0 bridgehead atoms. The molecule has 0 aromatic heterocycles. The summed E-state index contributed by atoms with van der Waals surface area (Å²) in [6.07, 6.45) is 1.19. The van der Waals surface area contributed by atoms with E-state index in [0.717, 1.165) is 39.0 Å². The van der Waals surface area contributed by atoms with Gasteiger partial charge in [0.25, 0.3) is 5.91 Å². The van der Waals surface area contributed by atoms with Crippen LogP contribution < -0.4 is 10.1 Å². The maximum absolute atomic E-state index is 13.2. The van der Waals surface area contributed by atoms with E-state index in [-0.39, 0.29) is 29.7 Å². The van der Waals surface area contributed by atoms with Crippen LogP contribution in [0.1, 0.15) is 17.5 Å². The van der Waals surface area contributed by atoms with E-state index in [4.69, 9.17) is 4.74 Å². The zero-order valence-electron chi connectivity index (χ0n) is 21.7. The van der Waals surface area contributed by atoms with E-state index in [9.17, 15) is 18.3 Å². The van der Waals surface area contributed by atoms with Gasteiger partial charge in [0.15, 0.2) is 6.61 Å². The molecule has 1 amide bonds. The molecular formula is C27H38N4O5S. The molecule has 10 heteroatoms. The number of sulfonamides is 1. The number of amides is 1. The van der Waals surface area contributed by atoms with Crippen molar-refractivity contribution >= 4 is 15.9 Å². The Morgan fingerprint density at radius 1 is 1.16 bits per heavy atom. The fourth-order valence-corrected chi connectivity index (χ4v) is 6.46. The number of hydrogen-bond acceptors (Lipinski definition) is 7. The van der Waals surface area contributed by atoms with Gasteiger partial charge < -0.3 is 20.1 Å². The third-order valence-electron chi connectivity index (χ3n) is 7.11. The van der Waals surface area contributed by atoms with Crippen molar-refractivity contribution in [3.8, 4) is 5.75 Å². The smallest absolute Gasteiger partial charge is 0.258 e. The van der Waals surface area contributed by atoms with Gasteiger partial charge in [0.1, 0.15) is 10.6 Å². The molecule has 4 rings (SSSR count). The summed E-state index contributed by atoms with van der Waals surface area (Å²) in [6, 6.07) is 14.7. The molecule has 2 aromatic rings. The van der Waals surface area contributed by atoms with Gasteiger partial charge in [0.05, 0.1) is 6.10 Å². The molecule has 2 heterocycles. The fourth-order valence-electron chi connectivity index (χ4n) is 5.09. The second kappa shape index (κ2) is 12.4. The predicted octanol–water partition coefficient (Wildman–Crippen LogP) is 1.17. The quantitative estimate of drug-likeness (QED) is 0.450. The zero-order valence-corrected chi connectivity index (χ0v) is 22.5. The van der Waals surface area contributed by atoms with E-state index in [1.165, 1.54) is 21.5 Å². The third-order valence-corrected chi connectivity index (χ3v) is 8.98. The summed E-state index contributed by atoms with van der Waals surface area (Å²) in [5, 5.41) is 13.1. The van der Waals surface area contributed by atoms with Gasteiger partial charge in [0.2, 0.25) is 10.0 Å². The average Bonchev–Trinajstić information content (AvgIpc) is 3.30. The van der Waals surface area contributed by atoms with Crippen LogP contribution in [-0.2, 0) is 27.8 Å². The highest BCUT2D eigenvalue weighted by atomic mass is 32.2. The second-order valence-corrected chi connectivity index (χ2v) is 12.2. The number of para-hydroxylation sites is 1. The van der Waals surface area contributed by atoms with Gasteiger partial charge in [-0.1, -0.05) is 36.4 Å². The molecule has 1 fully saturated rings. The highest BCUT2D eigenvalue weighted by Crippen LogP contribution is 2.27. The van der Waals surface area contributed by atoms with Crippen LogP contribution in [0, 0.1) is 5.92 Å². The molecule has 2 unspecified atom stereocenters. The molecule has 0 aliphatic carbocycles. The first-order valence-corrected chi connectivity index (χ1v) is 14.3. The summed E-state index contributed by atoms with van der Waals surface area (Å²) in [7, 11) is -0.154. The van der Waals surface area contributed by atoms with Crippen molar-refractivity contribution in [1.82, 2.24) is 19.4 Å². The molecular weight excluding hydrogens is 492 g/mol. The molecule has 0 spiro atoms. The van der Waals surface area contributed by atoms with E-state index in [2.05, 4.69) is 27.2 Å². The Labute approximate surface area is 220 Å². The number of β-amino-alcohol motifs (C(OH)–C–C–N with tert-alkyl or cyclic N) is 1. The van der Waals surface area contributed by atoms with Crippen LogP contribution in [0.2, 0.25) is 0 Å². The molecule has 0 radical (unpaired) electrons. The average molecular weight is 531 g/mol. The topological polar surface area (TPSA) is 102 Å². The Morgan fingerprint density at radius 2 is 1.89 bits per heavy atom. The van der Waals surface area contributed by atoms with Crippen molar-refractivity contribution in [2.45, 2.75) is 30.4 Å². The van der Waals surface area contributed by atoms with Crippen LogP contribution in [0.5, 0.6) is 5.75 Å². The normalized spacial score (nSPS) is 19.5. The maximum atomic E-state index is 13.2. The lowest BCUT2D eigenvalue weighted by molar-refractivity contribution is -0.123. The first-order valence-electron chi connectivity index (χ1n) is 12.8. The molecule has 2 aromatic carbocycles. The summed E-state index contributed by atoms with van der Waals surface area (Å²) in [4.78, 5) is 16.8. The molecule has 202 valence electrons. The van der Waals surface area contributed by atoms with Gasteiger partial charge in [0, 0.05) is 46.3 Å². The minimum absolute atomic E-state index is 0.0436. The molecule has 9 nitrogen and oxygen atoms in total. The number of nitrogens with one attached hydrogen (secondary N) is 1. The Kier molecular flexibility index (Phi) is 9.20. The molecule has 2 aliphatic heterocycles.